The van der Waals surface area contributed by atoms with E-state index in [4.69, 9.17) is 0 Å². The molecular formula is C17H34N4O. The Balaban J connectivity index is 2.37. The molecule has 0 aromatic heterocycles. The van der Waals surface area contributed by atoms with Crippen molar-refractivity contribution in [2.24, 2.45) is 10.9 Å². The van der Waals surface area contributed by atoms with Gasteiger partial charge in [-0.15, -0.1) is 0 Å². The van der Waals surface area contributed by atoms with Crippen LogP contribution in [0, 0.1) is 5.92 Å². The number of guanidine groups is 1. The molecule has 1 aliphatic carbocycles. The molecule has 1 aliphatic rings. The van der Waals surface area contributed by atoms with Crippen LogP contribution in [-0.2, 0) is 4.79 Å². The van der Waals surface area contributed by atoms with Gasteiger partial charge in [-0.2, -0.15) is 0 Å². The number of rotatable bonds is 8. The summed E-state index contributed by atoms with van der Waals surface area (Å²) in [6, 6.07) is 0.358. The molecule has 1 saturated carbocycles. The minimum atomic E-state index is 0.0339. The van der Waals surface area contributed by atoms with Crippen LogP contribution in [0.5, 0.6) is 0 Å². The summed E-state index contributed by atoms with van der Waals surface area (Å²) < 4.78 is 0. The average molecular weight is 310 g/mol. The molecule has 0 unspecified atom stereocenters. The third-order valence-corrected chi connectivity index (χ3v) is 4.41. The maximum Gasteiger partial charge on any atom is 0.242 e. The van der Waals surface area contributed by atoms with E-state index in [1.807, 2.05) is 6.92 Å². The maximum atomic E-state index is 12.0. The van der Waals surface area contributed by atoms with Gasteiger partial charge in [0.15, 0.2) is 5.96 Å². The summed E-state index contributed by atoms with van der Waals surface area (Å²) in [5.41, 5.74) is 0. The molecule has 1 fully saturated rings. The largest absolute Gasteiger partial charge is 0.357 e. The van der Waals surface area contributed by atoms with Crippen LogP contribution in [0.4, 0.5) is 0 Å². The molecule has 0 atom stereocenters. The number of nitrogens with zero attached hydrogens (tertiary/aromatic N) is 1. The van der Waals surface area contributed by atoms with E-state index in [2.05, 4.69) is 34.8 Å². The highest BCUT2D eigenvalue weighted by atomic mass is 16.1. The summed E-state index contributed by atoms with van der Waals surface area (Å²) in [6.07, 6.45) is 8.30. The first kappa shape index (κ1) is 18.8. The molecule has 5 heteroatoms. The fourth-order valence-electron chi connectivity index (χ4n) is 2.83. The number of nitrogens with one attached hydrogen (secondary N) is 3. The third-order valence-electron chi connectivity index (χ3n) is 4.41. The maximum absolute atomic E-state index is 12.0. The van der Waals surface area contributed by atoms with Gasteiger partial charge in [0.2, 0.25) is 5.91 Å². The second-order valence-electron chi connectivity index (χ2n) is 6.16. The molecule has 0 aromatic carbocycles. The lowest BCUT2D eigenvalue weighted by molar-refractivity contribution is -0.120. The number of hydrogen-bond donors (Lipinski definition) is 3. The van der Waals surface area contributed by atoms with Gasteiger partial charge in [-0.1, -0.05) is 46.0 Å². The zero-order valence-electron chi connectivity index (χ0n) is 14.6. The Morgan fingerprint density at radius 1 is 1.09 bits per heavy atom. The minimum Gasteiger partial charge on any atom is -0.357 e. The zero-order valence-corrected chi connectivity index (χ0v) is 14.6. The molecule has 0 radical (unpaired) electrons. The number of aliphatic imine (C=N–C) groups is 1. The Bertz CT molecular complexity index is 334. The number of carbonyl (C=O) groups is 1. The van der Waals surface area contributed by atoms with Crippen LogP contribution in [0.25, 0.3) is 0 Å². The van der Waals surface area contributed by atoms with Crippen molar-refractivity contribution >= 4 is 11.9 Å². The van der Waals surface area contributed by atoms with E-state index >= 15 is 0 Å². The Morgan fingerprint density at radius 2 is 1.77 bits per heavy atom. The molecule has 0 bridgehead atoms. The highest BCUT2D eigenvalue weighted by Crippen LogP contribution is 2.17. The van der Waals surface area contributed by atoms with Crippen LogP contribution in [-0.4, -0.2) is 37.5 Å². The predicted molar refractivity (Wildman–Crippen MR) is 93.1 cm³/mol. The third kappa shape index (κ3) is 7.66. The molecule has 1 amide bonds. The Morgan fingerprint density at radius 3 is 2.36 bits per heavy atom. The van der Waals surface area contributed by atoms with Crippen molar-refractivity contribution in [3.63, 3.8) is 0 Å². The Kier molecular flexibility index (Phi) is 9.67. The van der Waals surface area contributed by atoms with Crippen molar-refractivity contribution in [3.8, 4) is 0 Å². The monoisotopic (exact) mass is 310 g/mol. The van der Waals surface area contributed by atoms with Crippen LogP contribution in [0.1, 0.15) is 65.7 Å². The standard InChI is InChI=1S/C17H34N4O/c1-4-14(5-2)12-19-17(18-6-3)20-13-16(22)21-15-10-8-7-9-11-15/h14-15H,4-13H2,1-3H3,(H,21,22)(H2,18,19,20). The number of carbonyl (C=O) groups excluding carboxylic acids is 1. The first-order chi connectivity index (χ1) is 10.7. The first-order valence-electron chi connectivity index (χ1n) is 9.01. The summed E-state index contributed by atoms with van der Waals surface area (Å²) in [4.78, 5) is 16.4. The van der Waals surface area contributed by atoms with Gasteiger partial charge in [0.05, 0.1) is 0 Å². The van der Waals surface area contributed by atoms with Gasteiger partial charge in [-0.3, -0.25) is 4.79 Å². The van der Waals surface area contributed by atoms with Crippen molar-refractivity contribution in [2.45, 2.75) is 71.8 Å². The molecule has 5 nitrogen and oxygen atoms in total. The van der Waals surface area contributed by atoms with Gasteiger partial charge in [-0.25, -0.2) is 4.99 Å². The molecule has 0 saturated heterocycles. The fraction of sp³-hybridized carbons (Fsp3) is 0.882. The second kappa shape index (κ2) is 11.3. The highest BCUT2D eigenvalue weighted by Gasteiger charge is 2.15. The smallest absolute Gasteiger partial charge is 0.242 e. The van der Waals surface area contributed by atoms with Crippen LogP contribution in [0.15, 0.2) is 4.99 Å². The van der Waals surface area contributed by atoms with Gasteiger partial charge in [-0.05, 0) is 25.7 Å². The highest BCUT2D eigenvalue weighted by molar-refractivity contribution is 5.85. The van der Waals surface area contributed by atoms with Gasteiger partial charge < -0.3 is 16.0 Å². The van der Waals surface area contributed by atoms with E-state index in [9.17, 15) is 4.79 Å². The lowest BCUT2D eigenvalue weighted by atomic mass is 9.95. The molecule has 0 spiro atoms. The molecule has 0 aromatic rings. The van der Waals surface area contributed by atoms with Gasteiger partial charge in [0.25, 0.3) is 0 Å². The van der Waals surface area contributed by atoms with Crippen molar-refractivity contribution in [1.29, 1.82) is 0 Å². The van der Waals surface area contributed by atoms with Crippen LogP contribution in [0.2, 0.25) is 0 Å². The SMILES string of the molecule is CCNC(=NCC(=O)NC1CCCCC1)NCC(CC)CC. The summed E-state index contributed by atoms with van der Waals surface area (Å²) in [7, 11) is 0. The fourth-order valence-corrected chi connectivity index (χ4v) is 2.83. The average Bonchev–Trinajstić information content (AvgIpc) is 2.54. The van der Waals surface area contributed by atoms with E-state index < -0.39 is 0 Å². The van der Waals surface area contributed by atoms with Crippen LogP contribution in [0.3, 0.4) is 0 Å². The number of hydrogen-bond acceptors (Lipinski definition) is 2. The van der Waals surface area contributed by atoms with Crippen molar-refractivity contribution < 1.29 is 4.79 Å². The second-order valence-corrected chi connectivity index (χ2v) is 6.16. The minimum absolute atomic E-state index is 0.0339. The molecule has 1 rings (SSSR count). The lowest BCUT2D eigenvalue weighted by Crippen LogP contribution is -2.41. The van der Waals surface area contributed by atoms with E-state index in [-0.39, 0.29) is 12.5 Å². The molecule has 0 heterocycles. The van der Waals surface area contributed by atoms with E-state index in [0.717, 1.165) is 44.7 Å². The first-order valence-corrected chi connectivity index (χ1v) is 9.01. The number of amides is 1. The zero-order chi connectivity index (χ0) is 16.2. The topological polar surface area (TPSA) is 65.5 Å². The predicted octanol–water partition coefficient (Wildman–Crippen LogP) is 2.43. The van der Waals surface area contributed by atoms with E-state index in [1.165, 1.54) is 19.3 Å². The van der Waals surface area contributed by atoms with Gasteiger partial charge in [0, 0.05) is 19.1 Å². The summed E-state index contributed by atoms with van der Waals surface area (Å²) in [5, 5.41) is 9.65. The summed E-state index contributed by atoms with van der Waals surface area (Å²) in [6.45, 7) is 8.36. The molecule has 0 aliphatic heterocycles. The van der Waals surface area contributed by atoms with Gasteiger partial charge in [0.1, 0.15) is 6.54 Å². The molecule has 3 N–H and O–H groups in total. The molecule has 128 valence electrons. The molecular weight excluding hydrogens is 276 g/mol. The Labute approximate surface area is 135 Å². The van der Waals surface area contributed by atoms with Crippen molar-refractivity contribution in [2.75, 3.05) is 19.6 Å². The summed E-state index contributed by atoms with van der Waals surface area (Å²) >= 11 is 0. The van der Waals surface area contributed by atoms with Crippen molar-refractivity contribution in [3.05, 3.63) is 0 Å². The quantitative estimate of drug-likeness (QED) is 0.476. The van der Waals surface area contributed by atoms with Crippen LogP contribution < -0.4 is 16.0 Å². The molecule has 22 heavy (non-hydrogen) atoms. The van der Waals surface area contributed by atoms with Crippen molar-refractivity contribution in [1.82, 2.24) is 16.0 Å². The normalized spacial score (nSPS) is 16.6. The van der Waals surface area contributed by atoms with E-state index in [1.54, 1.807) is 0 Å². The summed E-state index contributed by atoms with van der Waals surface area (Å²) in [5.74, 6) is 1.43. The Hall–Kier alpha value is -1.26. The lowest BCUT2D eigenvalue weighted by Gasteiger charge is -2.22. The van der Waals surface area contributed by atoms with Crippen LogP contribution >= 0.6 is 0 Å². The van der Waals surface area contributed by atoms with Gasteiger partial charge >= 0.3 is 0 Å². The van der Waals surface area contributed by atoms with E-state index in [0.29, 0.717) is 12.0 Å².